The molecule has 20 heavy (non-hydrogen) atoms. The molecule has 2 N–H and O–H groups in total. The highest BCUT2D eigenvalue weighted by Gasteiger charge is 2.19. The van der Waals surface area contributed by atoms with E-state index in [0.29, 0.717) is 11.6 Å². The molecule has 0 aliphatic rings. The van der Waals surface area contributed by atoms with Gasteiger partial charge in [0.2, 0.25) is 0 Å². The van der Waals surface area contributed by atoms with Crippen LogP contribution in [0.1, 0.15) is 0 Å². The van der Waals surface area contributed by atoms with Crippen LogP contribution in [-0.4, -0.2) is 10.1 Å². The Kier molecular flexibility index (Phi) is 2.58. The number of hydrogen-bond donors (Lipinski definition) is 1. The maximum Gasteiger partial charge on any atom is 0.186 e. The first-order valence-corrected chi connectivity index (χ1v) is 7.65. The largest absolute Gasteiger partial charge is 0.380 e. The lowest BCUT2D eigenvalue weighted by molar-refractivity contribution is 0.437. The molecule has 0 saturated carbocycles. The predicted molar refractivity (Wildman–Crippen MR) is 82.8 cm³/mol. The van der Waals surface area contributed by atoms with Gasteiger partial charge in [0.05, 0.1) is 10.4 Å². The van der Waals surface area contributed by atoms with Crippen LogP contribution in [0.4, 0.5) is 5.82 Å². The van der Waals surface area contributed by atoms with E-state index in [2.05, 4.69) is 27.7 Å². The van der Waals surface area contributed by atoms with E-state index in [1.807, 2.05) is 12.1 Å². The first-order valence-electron chi connectivity index (χ1n) is 5.96. The lowest BCUT2D eigenvalue weighted by Crippen LogP contribution is -1.88. The van der Waals surface area contributed by atoms with Gasteiger partial charge < -0.3 is 10.3 Å². The smallest absolute Gasteiger partial charge is 0.186 e. The van der Waals surface area contributed by atoms with E-state index in [0.717, 1.165) is 16.0 Å². The van der Waals surface area contributed by atoms with Crippen molar-refractivity contribution in [3.8, 4) is 21.8 Å². The van der Waals surface area contributed by atoms with Crippen LogP contribution in [0.3, 0.4) is 0 Å². The summed E-state index contributed by atoms with van der Waals surface area (Å²) >= 11 is 3.40. The third-order valence-electron chi connectivity index (χ3n) is 3.03. The van der Waals surface area contributed by atoms with Crippen molar-refractivity contribution in [2.75, 3.05) is 5.73 Å². The molecule has 0 aliphatic carbocycles. The molecule has 0 atom stereocenters. The normalized spacial score (nSPS) is 11.2. The SMILES string of the molecule is Nc1noc(-c2cc3sccc3s2)c1-c1cccnc1. The van der Waals surface area contributed by atoms with Crippen molar-refractivity contribution in [1.82, 2.24) is 10.1 Å². The molecule has 0 bridgehead atoms. The predicted octanol–water partition coefficient (Wildman–Crippen LogP) is 4.26. The quantitative estimate of drug-likeness (QED) is 0.600. The summed E-state index contributed by atoms with van der Waals surface area (Å²) in [5, 5.41) is 5.99. The number of rotatable bonds is 2. The van der Waals surface area contributed by atoms with E-state index < -0.39 is 0 Å². The molecule has 0 aliphatic heterocycles. The zero-order valence-electron chi connectivity index (χ0n) is 10.2. The Hall–Kier alpha value is -2.18. The van der Waals surface area contributed by atoms with Gasteiger partial charge in [-0.3, -0.25) is 4.98 Å². The number of fused-ring (bicyclic) bond motifs is 1. The first kappa shape index (κ1) is 11.6. The van der Waals surface area contributed by atoms with Crippen molar-refractivity contribution >= 4 is 37.9 Å². The van der Waals surface area contributed by atoms with Gasteiger partial charge in [-0.05, 0) is 23.6 Å². The number of hydrogen-bond acceptors (Lipinski definition) is 6. The Morgan fingerprint density at radius 2 is 2.15 bits per heavy atom. The zero-order chi connectivity index (χ0) is 13.5. The summed E-state index contributed by atoms with van der Waals surface area (Å²) in [6.07, 6.45) is 3.50. The minimum Gasteiger partial charge on any atom is -0.380 e. The van der Waals surface area contributed by atoms with Crippen molar-refractivity contribution < 1.29 is 4.52 Å². The van der Waals surface area contributed by atoms with E-state index in [1.165, 1.54) is 9.40 Å². The number of nitrogen functional groups attached to an aromatic ring is 1. The number of nitrogens with zero attached hydrogens (tertiary/aromatic N) is 2. The molecule has 0 radical (unpaired) electrons. The Morgan fingerprint density at radius 3 is 2.95 bits per heavy atom. The van der Waals surface area contributed by atoms with E-state index >= 15 is 0 Å². The van der Waals surface area contributed by atoms with Crippen LogP contribution in [0.5, 0.6) is 0 Å². The molecule has 0 aromatic carbocycles. The number of aromatic nitrogens is 2. The molecule has 0 unspecified atom stereocenters. The zero-order valence-corrected chi connectivity index (χ0v) is 11.9. The average Bonchev–Trinajstić information content (AvgIpc) is 3.12. The summed E-state index contributed by atoms with van der Waals surface area (Å²) in [6.45, 7) is 0. The Bertz CT molecular complexity index is 848. The molecule has 4 nitrogen and oxygen atoms in total. The summed E-state index contributed by atoms with van der Waals surface area (Å²) < 4.78 is 7.94. The average molecular weight is 299 g/mol. The Morgan fingerprint density at radius 1 is 1.20 bits per heavy atom. The van der Waals surface area contributed by atoms with Gasteiger partial charge in [0, 0.05) is 27.4 Å². The molecular formula is C14H9N3OS2. The molecule has 4 rings (SSSR count). The van der Waals surface area contributed by atoms with Gasteiger partial charge in [0.15, 0.2) is 11.6 Å². The molecule has 0 amide bonds. The van der Waals surface area contributed by atoms with Gasteiger partial charge in [-0.2, -0.15) is 0 Å². The van der Waals surface area contributed by atoms with Crippen molar-refractivity contribution in [1.29, 1.82) is 0 Å². The Balaban J connectivity index is 1.93. The van der Waals surface area contributed by atoms with Crippen LogP contribution in [-0.2, 0) is 0 Å². The number of thiophene rings is 2. The summed E-state index contributed by atoms with van der Waals surface area (Å²) in [4.78, 5) is 5.17. The fraction of sp³-hybridized carbons (Fsp3) is 0. The lowest BCUT2D eigenvalue weighted by Gasteiger charge is -1.99. The molecule has 4 heterocycles. The second-order valence-corrected chi connectivity index (χ2v) is 6.30. The number of pyridine rings is 1. The number of anilines is 1. The summed E-state index contributed by atoms with van der Waals surface area (Å²) in [5.74, 6) is 1.11. The van der Waals surface area contributed by atoms with Gasteiger partial charge in [-0.1, -0.05) is 11.2 Å². The fourth-order valence-corrected chi connectivity index (χ4v) is 4.23. The second kappa shape index (κ2) is 4.43. The molecule has 6 heteroatoms. The third-order valence-corrected chi connectivity index (χ3v) is 5.12. The highest BCUT2D eigenvalue weighted by Crippen LogP contribution is 2.42. The second-order valence-electron chi connectivity index (χ2n) is 4.27. The minimum atomic E-state index is 0.393. The van der Waals surface area contributed by atoms with E-state index in [1.54, 1.807) is 35.1 Å². The minimum absolute atomic E-state index is 0.393. The standard InChI is InChI=1S/C14H9N3OS2/c15-14-12(8-2-1-4-16-7-8)13(18-17-14)11-6-10-9(20-11)3-5-19-10/h1-7H,(H2,15,17). The highest BCUT2D eigenvalue weighted by molar-refractivity contribution is 7.28. The van der Waals surface area contributed by atoms with E-state index in [-0.39, 0.29) is 0 Å². The van der Waals surface area contributed by atoms with Crippen LogP contribution in [0.2, 0.25) is 0 Å². The fourth-order valence-electron chi connectivity index (χ4n) is 2.14. The topological polar surface area (TPSA) is 64.9 Å². The lowest BCUT2D eigenvalue weighted by atomic mass is 10.1. The first-order chi connectivity index (χ1) is 9.83. The summed E-state index contributed by atoms with van der Waals surface area (Å²) in [7, 11) is 0. The molecular weight excluding hydrogens is 290 g/mol. The van der Waals surface area contributed by atoms with Crippen molar-refractivity contribution in [3.05, 3.63) is 42.0 Å². The van der Waals surface area contributed by atoms with Gasteiger partial charge in [-0.15, -0.1) is 22.7 Å². The van der Waals surface area contributed by atoms with Crippen LogP contribution >= 0.6 is 22.7 Å². The van der Waals surface area contributed by atoms with Crippen molar-refractivity contribution in [2.45, 2.75) is 0 Å². The molecule has 4 aromatic rings. The van der Waals surface area contributed by atoms with Crippen molar-refractivity contribution in [2.24, 2.45) is 0 Å². The molecule has 4 aromatic heterocycles. The van der Waals surface area contributed by atoms with Crippen LogP contribution in [0, 0.1) is 0 Å². The third kappa shape index (κ3) is 1.73. The van der Waals surface area contributed by atoms with E-state index in [4.69, 9.17) is 10.3 Å². The van der Waals surface area contributed by atoms with Gasteiger partial charge in [0.1, 0.15) is 0 Å². The molecule has 0 fully saturated rings. The summed E-state index contributed by atoms with van der Waals surface area (Å²) in [5.41, 5.74) is 7.68. The Labute approximate surface area is 122 Å². The van der Waals surface area contributed by atoms with Crippen LogP contribution < -0.4 is 5.73 Å². The molecule has 98 valence electrons. The van der Waals surface area contributed by atoms with Gasteiger partial charge >= 0.3 is 0 Å². The maximum atomic E-state index is 5.95. The highest BCUT2D eigenvalue weighted by atomic mass is 32.1. The number of nitrogens with two attached hydrogens (primary N) is 1. The van der Waals surface area contributed by atoms with Gasteiger partial charge in [-0.25, -0.2) is 0 Å². The molecule has 0 spiro atoms. The summed E-state index contributed by atoms with van der Waals surface area (Å²) in [6, 6.07) is 8.05. The maximum absolute atomic E-state index is 5.95. The van der Waals surface area contributed by atoms with Gasteiger partial charge in [0.25, 0.3) is 0 Å². The van der Waals surface area contributed by atoms with Crippen LogP contribution in [0.15, 0.2) is 46.6 Å². The van der Waals surface area contributed by atoms with E-state index in [9.17, 15) is 0 Å². The van der Waals surface area contributed by atoms with Crippen molar-refractivity contribution in [3.63, 3.8) is 0 Å². The monoisotopic (exact) mass is 299 g/mol. The van der Waals surface area contributed by atoms with Crippen LogP contribution in [0.25, 0.3) is 31.2 Å². The molecule has 0 saturated heterocycles.